The number of halogens is 1. The number of methoxy groups -OCH3 is 1. The van der Waals surface area contributed by atoms with Gasteiger partial charge in [0, 0.05) is 20.2 Å². The number of nitrogens with zero attached hydrogens (tertiary/aromatic N) is 5. The number of amides is 1. The number of anilines is 6. The lowest BCUT2D eigenvalue weighted by atomic mass is 10.1. The maximum Gasteiger partial charge on any atom is 0.269 e. The number of nitrogens with one attached hydrogen (secondary N) is 3. The molecule has 0 saturated carbocycles. The predicted octanol–water partition coefficient (Wildman–Crippen LogP) is 3.62. The molecule has 2 aliphatic heterocycles. The fourth-order valence-corrected chi connectivity index (χ4v) is 4.00. The van der Waals surface area contributed by atoms with Crippen LogP contribution in [0.5, 0.6) is 5.75 Å². The number of rotatable bonds is 6. The molecule has 1 fully saturated rings. The van der Waals surface area contributed by atoms with E-state index >= 15 is 0 Å². The Morgan fingerprint density at radius 2 is 1.92 bits per heavy atom. The Bertz CT molecular complexity index is 1260. The molecule has 3 aromatic heterocycles. The van der Waals surface area contributed by atoms with Gasteiger partial charge in [0.15, 0.2) is 28.8 Å². The van der Waals surface area contributed by atoms with Gasteiger partial charge in [0.25, 0.3) is 5.91 Å². The number of hydrogen-bond donors (Lipinski definition) is 3. The molecule has 12 heteroatoms. The van der Waals surface area contributed by atoms with Crippen molar-refractivity contribution in [2.75, 3.05) is 41.0 Å². The number of carbonyl (C=O) groups is 1. The molecule has 0 bridgehead atoms. The highest BCUT2D eigenvalue weighted by Crippen LogP contribution is 2.33. The van der Waals surface area contributed by atoms with Crippen LogP contribution in [0.4, 0.5) is 39.3 Å². The van der Waals surface area contributed by atoms with Gasteiger partial charge < -0.3 is 30.3 Å². The second-order valence-electron chi connectivity index (χ2n) is 9.08. The van der Waals surface area contributed by atoms with Crippen LogP contribution >= 0.6 is 0 Å². The highest BCUT2D eigenvalue weighted by atomic mass is 19.1. The van der Waals surface area contributed by atoms with Crippen molar-refractivity contribution in [3.63, 3.8) is 0 Å². The van der Waals surface area contributed by atoms with Gasteiger partial charge in [-0.25, -0.2) is 19.3 Å². The topological polar surface area (TPSA) is 126 Å². The molecule has 0 atom stereocenters. The minimum Gasteiger partial charge on any atom is -0.474 e. The summed E-state index contributed by atoms with van der Waals surface area (Å²) in [5.74, 6) is 0.969. The predicted molar refractivity (Wildman–Crippen MR) is 133 cm³/mol. The van der Waals surface area contributed by atoms with Crippen LogP contribution < -0.4 is 25.6 Å². The average Bonchev–Trinajstić information content (AvgIpc) is 2.87. The molecule has 188 valence electrons. The molecule has 36 heavy (non-hydrogen) atoms. The van der Waals surface area contributed by atoms with Crippen LogP contribution in [0.1, 0.15) is 26.7 Å². The summed E-state index contributed by atoms with van der Waals surface area (Å²) in [7, 11) is 1.75. The largest absolute Gasteiger partial charge is 0.474 e. The molecule has 3 aromatic rings. The highest BCUT2D eigenvalue weighted by molar-refractivity contribution is 5.99. The quantitative estimate of drug-likeness (QED) is 0.468. The van der Waals surface area contributed by atoms with Crippen molar-refractivity contribution >= 4 is 40.8 Å². The normalized spacial score (nSPS) is 17.1. The summed E-state index contributed by atoms with van der Waals surface area (Å²) in [5, 5.41) is 8.57. The summed E-state index contributed by atoms with van der Waals surface area (Å²) >= 11 is 0. The summed E-state index contributed by atoms with van der Waals surface area (Å²) in [4.78, 5) is 31.5. The van der Waals surface area contributed by atoms with Gasteiger partial charge in [-0.3, -0.25) is 4.79 Å². The molecule has 3 N–H and O–H groups in total. The van der Waals surface area contributed by atoms with E-state index in [0.29, 0.717) is 17.5 Å². The van der Waals surface area contributed by atoms with Crippen LogP contribution in [0.3, 0.4) is 0 Å². The number of ether oxygens (including phenoxy) is 2. The third kappa shape index (κ3) is 4.98. The summed E-state index contributed by atoms with van der Waals surface area (Å²) in [5.41, 5.74) is -0.339. The van der Waals surface area contributed by atoms with Crippen molar-refractivity contribution in [1.82, 2.24) is 19.9 Å². The first-order valence-corrected chi connectivity index (χ1v) is 11.6. The first-order chi connectivity index (χ1) is 17.3. The zero-order valence-corrected chi connectivity index (χ0v) is 20.2. The second-order valence-corrected chi connectivity index (χ2v) is 9.08. The first-order valence-electron chi connectivity index (χ1n) is 11.6. The van der Waals surface area contributed by atoms with Gasteiger partial charge >= 0.3 is 0 Å². The summed E-state index contributed by atoms with van der Waals surface area (Å²) < 4.78 is 25.5. The van der Waals surface area contributed by atoms with Gasteiger partial charge in [-0.15, -0.1) is 0 Å². The van der Waals surface area contributed by atoms with Crippen LogP contribution in [0.15, 0.2) is 36.7 Å². The van der Waals surface area contributed by atoms with Crippen molar-refractivity contribution in [3.05, 3.63) is 42.5 Å². The van der Waals surface area contributed by atoms with Crippen molar-refractivity contribution in [2.24, 2.45) is 0 Å². The van der Waals surface area contributed by atoms with Gasteiger partial charge in [-0.2, -0.15) is 4.98 Å². The Kier molecular flexibility index (Phi) is 6.27. The van der Waals surface area contributed by atoms with Crippen LogP contribution in [-0.2, 0) is 9.53 Å². The summed E-state index contributed by atoms with van der Waals surface area (Å²) in [6.07, 6.45) is 4.98. The molecule has 0 aromatic carbocycles. The molecule has 0 spiro atoms. The van der Waals surface area contributed by atoms with Gasteiger partial charge in [0.1, 0.15) is 11.6 Å². The standard InChI is InChI=1S/C24H27FN8O3/c1-24(2)22(34)31-21-17(36-24)5-6-18(30-21)29-20-16(25)13-27-23(32-20)28-14-4-7-19(26-12-14)33-10-8-15(35-3)9-11-33/h4-7,12-13,15H,8-11H2,1-3H3,(H3,27,28,29,30,31,32,34). The molecule has 1 amide bonds. The lowest BCUT2D eigenvalue weighted by molar-refractivity contribution is -0.129. The van der Waals surface area contributed by atoms with Crippen molar-refractivity contribution in [2.45, 2.75) is 38.4 Å². The number of carbonyl (C=O) groups excluding carboxylic acids is 1. The third-order valence-corrected chi connectivity index (χ3v) is 6.10. The van der Waals surface area contributed by atoms with Crippen LogP contribution in [-0.4, -0.2) is 57.7 Å². The first kappa shape index (κ1) is 23.7. The zero-order chi connectivity index (χ0) is 25.3. The SMILES string of the molecule is COC1CCN(c2ccc(Nc3ncc(F)c(Nc4ccc5c(n4)NC(=O)C(C)(C)O5)n3)cn2)CC1. The van der Waals surface area contributed by atoms with E-state index in [9.17, 15) is 9.18 Å². The average molecular weight is 495 g/mol. The van der Waals surface area contributed by atoms with Crippen LogP contribution in [0, 0.1) is 5.82 Å². The zero-order valence-electron chi connectivity index (χ0n) is 20.2. The van der Waals surface area contributed by atoms with E-state index in [1.165, 1.54) is 0 Å². The monoisotopic (exact) mass is 494 g/mol. The van der Waals surface area contributed by atoms with E-state index in [1.807, 2.05) is 12.1 Å². The minimum atomic E-state index is -1.00. The molecule has 0 radical (unpaired) electrons. The van der Waals surface area contributed by atoms with Crippen LogP contribution in [0.2, 0.25) is 0 Å². The Morgan fingerprint density at radius 3 is 2.64 bits per heavy atom. The lowest BCUT2D eigenvalue weighted by Crippen LogP contribution is -2.46. The van der Waals surface area contributed by atoms with E-state index in [4.69, 9.17) is 9.47 Å². The molecular formula is C24H27FN8O3. The van der Waals surface area contributed by atoms with E-state index < -0.39 is 11.4 Å². The van der Waals surface area contributed by atoms with Gasteiger partial charge in [-0.05, 0) is 51.0 Å². The van der Waals surface area contributed by atoms with E-state index in [0.717, 1.165) is 37.9 Å². The number of fused-ring (bicyclic) bond motifs is 1. The highest BCUT2D eigenvalue weighted by Gasteiger charge is 2.36. The van der Waals surface area contributed by atoms with E-state index in [1.54, 1.807) is 39.3 Å². The smallest absolute Gasteiger partial charge is 0.269 e. The maximum absolute atomic E-state index is 14.4. The Labute approximate surface area is 207 Å². The van der Waals surface area contributed by atoms with Crippen molar-refractivity contribution in [3.8, 4) is 5.75 Å². The number of piperidine rings is 1. The van der Waals surface area contributed by atoms with Crippen molar-refractivity contribution in [1.29, 1.82) is 0 Å². The van der Waals surface area contributed by atoms with Crippen LogP contribution in [0.25, 0.3) is 0 Å². The van der Waals surface area contributed by atoms with Gasteiger partial charge in [0.05, 0.1) is 24.2 Å². The molecule has 0 unspecified atom stereocenters. The fraction of sp³-hybridized carbons (Fsp3) is 0.375. The molecule has 11 nitrogen and oxygen atoms in total. The van der Waals surface area contributed by atoms with Gasteiger partial charge in [0.2, 0.25) is 5.95 Å². The number of aromatic nitrogens is 4. The summed E-state index contributed by atoms with van der Waals surface area (Å²) in [6, 6.07) is 7.06. The van der Waals surface area contributed by atoms with Crippen molar-refractivity contribution < 1.29 is 18.7 Å². The van der Waals surface area contributed by atoms with E-state index in [2.05, 4.69) is 40.8 Å². The third-order valence-electron chi connectivity index (χ3n) is 6.10. The molecule has 5 heterocycles. The summed E-state index contributed by atoms with van der Waals surface area (Å²) in [6.45, 7) is 5.10. The van der Waals surface area contributed by atoms with E-state index in [-0.39, 0.29) is 29.3 Å². The molecule has 5 rings (SSSR count). The molecule has 0 aliphatic carbocycles. The molecule has 1 saturated heterocycles. The number of pyridine rings is 2. The molecular weight excluding hydrogens is 467 g/mol. The Hall–Kier alpha value is -4.06. The number of hydrogen-bond acceptors (Lipinski definition) is 10. The fourth-order valence-electron chi connectivity index (χ4n) is 4.00. The maximum atomic E-state index is 14.4. The van der Waals surface area contributed by atoms with Gasteiger partial charge in [-0.1, -0.05) is 0 Å². The minimum absolute atomic E-state index is 0.0751. The lowest BCUT2D eigenvalue weighted by Gasteiger charge is -2.32. The Balaban J connectivity index is 1.26. The second kappa shape index (κ2) is 9.53. The Morgan fingerprint density at radius 1 is 1.11 bits per heavy atom. The molecule has 2 aliphatic rings.